The lowest BCUT2D eigenvalue weighted by Crippen LogP contribution is -2.24. The predicted molar refractivity (Wildman–Crippen MR) is 98.4 cm³/mol. The molecule has 2 aromatic carbocycles. The Morgan fingerprint density at radius 2 is 2.12 bits per heavy atom. The van der Waals surface area contributed by atoms with Gasteiger partial charge in [0.2, 0.25) is 0 Å². The molecule has 7 heteroatoms. The van der Waals surface area contributed by atoms with Crippen LogP contribution in [0.5, 0.6) is 5.75 Å². The van der Waals surface area contributed by atoms with Crippen LogP contribution in [-0.4, -0.2) is 23.7 Å². The van der Waals surface area contributed by atoms with E-state index < -0.39 is 0 Å². The average Bonchev–Trinajstić information content (AvgIpc) is 3.02. The Morgan fingerprint density at radius 3 is 2.88 bits per heavy atom. The first-order valence-corrected chi connectivity index (χ1v) is 8.16. The van der Waals surface area contributed by atoms with E-state index in [0.717, 1.165) is 20.9 Å². The van der Waals surface area contributed by atoms with Crippen LogP contribution in [0.2, 0.25) is 0 Å². The van der Waals surface area contributed by atoms with E-state index in [9.17, 15) is 4.79 Å². The molecular formula is C18H13BrN4O2. The molecule has 0 aliphatic carbocycles. The molecule has 1 heterocycles. The fourth-order valence-electron chi connectivity index (χ4n) is 2.20. The third-order valence-corrected chi connectivity index (χ3v) is 3.92. The molecule has 0 saturated carbocycles. The van der Waals surface area contributed by atoms with Crippen LogP contribution in [0.25, 0.3) is 10.9 Å². The van der Waals surface area contributed by atoms with Crippen molar-refractivity contribution in [2.24, 2.45) is 5.10 Å². The Kier molecular flexibility index (Phi) is 5.11. The van der Waals surface area contributed by atoms with E-state index in [-0.39, 0.29) is 12.5 Å². The molecule has 1 aromatic heterocycles. The highest BCUT2D eigenvalue weighted by Crippen LogP contribution is 2.21. The van der Waals surface area contributed by atoms with Gasteiger partial charge >= 0.3 is 0 Å². The third-order valence-electron chi connectivity index (χ3n) is 3.42. The highest BCUT2D eigenvalue weighted by molar-refractivity contribution is 9.10. The number of carbonyl (C=O) groups excluding carboxylic acids is 1. The summed E-state index contributed by atoms with van der Waals surface area (Å²) >= 11 is 3.43. The second kappa shape index (κ2) is 7.64. The lowest BCUT2D eigenvalue weighted by molar-refractivity contribution is -0.123. The van der Waals surface area contributed by atoms with Gasteiger partial charge in [-0.25, -0.2) is 5.43 Å². The first-order valence-electron chi connectivity index (χ1n) is 7.37. The number of aromatic amines is 1. The third kappa shape index (κ3) is 4.25. The van der Waals surface area contributed by atoms with Gasteiger partial charge in [0, 0.05) is 27.1 Å². The summed E-state index contributed by atoms with van der Waals surface area (Å²) in [7, 11) is 0. The maximum Gasteiger partial charge on any atom is 0.277 e. The molecular weight excluding hydrogens is 384 g/mol. The van der Waals surface area contributed by atoms with E-state index in [1.165, 1.54) is 0 Å². The molecule has 3 rings (SSSR count). The lowest BCUT2D eigenvalue weighted by Gasteiger charge is -2.04. The second-order valence-electron chi connectivity index (χ2n) is 5.15. The van der Waals surface area contributed by atoms with Gasteiger partial charge in [-0.3, -0.25) is 4.79 Å². The number of amides is 1. The van der Waals surface area contributed by atoms with Crippen molar-refractivity contribution >= 4 is 39.0 Å². The number of hydrazone groups is 1. The summed E-state index contributed by atoms with van der Waals surface area (Å²) < 4.78 is 6.30. The van der Waals surface area contributed by atoms with Crippen LogP contribution >= 0.6 is 15.9 Å². The normalized spacial score (nSPS) is 10.7. The van der Waals surface area contributed by atoms with Crippen LogP contribution < -0.4 is 10.2 Å². The molecule has 0 aliphatic heterocycles. The second-order valence-corrected chi connectivity index (χ2v) is 6.07. The SMILES string of the molecule is N#Cc1ccc(OCC(=O)N/N=C/c2c[nH]c3ccc(Br)cc23)cc1. The van der Waals surface area contributed by atoms with E-state index in [1.54, 1.807) is 30.5 Å². The monoisotopic (exact) mass is 396 g/mol. The van der Waals surface area contributed by atoms with E-state index in [4.69, 9.17) is 10.00 Å². The van der Waals surface area contributed by atoms with Gasteiger partial charge in [-0.05, 0) is 42.5 Å². The largest absolute Gasteiger partial charge is 0.484 e. The molecule has 0 aliphatic rings. The number of aromatic nitrogens is 1. The number of hydrogen-bond donors (Lipinski definition) is 2. The molecule has 0 saturated heterocycles. The Bertz CT molecular complexity index is 971. The maximum absolute atomic E-state index is 11.8. The molecule has 0 spiro atoms. The van der Waals surface area contributed by atoms with Crippen molar-refractivity contribution in [1.29, 1.82) is 5.26 Å². The van der Waals surface area contributed by atoms with E-state index in [0.29, 0.717) is 11.3 Å². The number of halogens is 1. The predicted octanol–water partition coefficient (Wildman–Crippen LogP) is 3.33. The molecule has 0 atom stereocenters. The molecule has 0 unspecified atom stereocenters. The van der Waals surface area contributed by atoms with Crippen molar-refractivity contribution in [1.82, 2.24) is 10.4 Å². The van der Waals surface area contributed by atoms with Crippen molar-refractivity contribution in [3.63, 3.8) is 0 Å². The average molecular weight is 397 g/mol. The number of rotatable bonds is 5. The molecule has 2 N–H and O–H groups in total. The molecule has 0 radical (unpaired) electrons. The van der Waals surface area contributed by atoms with Gasteiger partial charge in [0.25, 0.3) is 5.91 Å². The summed E-state index contributed by atoms with van der Waals surface area (Å²) in [6.45, 7) is -0.164. The highest BCUT2D eigenvalue weighted by Gasteiger charge is 2.04. The van der Waals surface area contributed by atoms with Crippen LogP contribution in [0, 0.1) is 11.3 Å². The van der Waals surface area contributed by atoms with Crippen molar-refractivity contribution in [3.05, 3.63) is 64.3 Å². The Labute approximate surface area is 152 Å². The Hall–Kier alpha value is -3.11. The molecule has 1 amide bonds. The number of carbonyl (C=O) groups is 1. The molecule has 124 valence electrons. The van der Waals surface area contributed by atoms with Crippen molar-refractivity contribution in [2.75, 3.05) is 6.61 Å². The number of H-pyrrole nitrogens is 1. The summed E-state index contributed by atoms with van der Waals surface area (Å²) in [5.74, 6) is 0.140. The van der Waals surface area contributed by atoms with Gasteiger partial charge in [-0.15, -0.1) is 0 Å². The van der Waals surface area contributed by atoms with Crippen LogP contribution in [-0.2, 0) is 4.79 Å². The molecule has 25 heavy (non-hydrogen) atoms. The molecule has 0 fully saturated rings. The highest BCUT2D eigenvalue weighted by atomic mass is 79.9. The Morgan fingerprint density at radius 1 is 1.32 bits per heavy atom. The van der Waals surface area contributed by atoms with Crippen molar-refractivity contribution in [2.45, 2.75) is 0 Å². The van der Waals surface area contributed by atoms with Crippen LogP contribution in [0.4, 0.5) is 0 Å². The Balaban J connectivity index is 1.55. The number of ether oxygens (including phenoxy) is 1. The van der Waals surface area contributed by atoms with Gasteiger partial charge in [0.05, 0.1) is 17.8 Å². The van der Waals surface area contributed by atoms with E-state index in [1.807, 2.05) is 30.5 Å². The van der Waals surface area contributed by atoms with Gasteiger partial charge in [0.1, 0.15) is 5.75 Å². The summed E-state index contributed by atoms with van der Waals surface area (Å²) in [5, 5.41) is 13.7. The summed E-state index contributed by atoms with van der Waals surface area (Å²) in [6, 6.07) is 14.4. The first kappa shape index (κ1) is 16.7. The minimum absolute atomic E-state index is 0.164. The van der Waals surface area contributed by atoms with Crippen LogP contribution in [0.3, 0.4) is 0 Å². The van der Waals surface area contributed by atoms with Crippen molar-refractivity contribution in [3.8, 4) is 11.8 Å². The van der Waals surface area contributed by atoms with Gasteiger partial charge in [-0.1, -0.05) is 15.9 Å². The van der Waals surface area contributed by atoms with Gasteiger partial charge in [0.15, 0.2) is 6.61 Å². The maximum atomic E-state index is 11.8. The minimum atomic E-state index is -0.373. The van der Waals surface area contributed by atoms with Gasteiger partial charge < -0.3 is 9.72 Å². The zero-order chi connectivity index (χ0) is 17.6. The number of hydrogen-bond acceptors (Lipinski definition) is 4. The van der Waals surface area contributed by atoms with Gasteiger partial charge in [-0.2, -0.15) is 10.4 Å². The van der Waals surface area contributed by atoms with Crippen LogP contribution in [0.1, 0.15) is 11.1 Å². The number of nitrogens with zero attached hydrogens (tertiary/aromatic N) is 2. The topological polar surface area (TPSA) is 90.3 Å². The van der Waals surface area contributed by atoms with E-state index >= 15 is 0 Å². The summed E-state index contributed by atoms with van der Waals surface area (Å²) in [5.41, 5.74) is 4.81. The first-order chi connectivity index (χ1) is 12.2. The zero-order valence-electron chi connectivity index (χ0n) is 13.0. The molecule has 0 bridgehead atoms. The smallest absolute Gasteiger partial charge is 0.277 e. The number of nitrogens with one attached hydrogen (secondary N) is 2. The lowest BCUT2D eigenvalue weighted by atomic mass is 10.2. The zero-order valence-corrected chi connectivity index (χ0v) is 14.6. The molecule has 3 aromatic rings. The standard InChI is InChI=1S/C18H13BrN4O2/c19-14-3-6-17-16(7-14)13(9-21-17)10-22-23-18(24)11-25-15-4-1-12(8-20)2-5-15/h1-7,9-10,21H,11H2,(H,23,24)/b22-10+. The number of fused-ring (bicyclic) bond motifs is 1. The number of benzene rings is 2. The fourth-order valence-corrected chi connectivity index (χ4v) is 2.56. The minimum Gasteiger partial charge on any atom is -0.484 e. The van der Waals surface area contributed by atoms with Crippen LogP contribution in [0.15, 0.2) is 58.2 Å². The quantitative estimate of drug-likeness (QED) is 0.511. The number of nitriles is 1. The summed E-state index contributed by atoms with van der Waals surface area (Å²) in [4.78, 5) is 14.9. The fraction of sp³-hybridized carbons (Fsp3) is 0.0556. The summed E-state index contributed by atoms with van der Waals surface area (Å²) in [6.07, 6.45) is 3.39. The molecule has 6 nitrogen and oxygen atoms in total. The van der Waals surface area contributed by atoms with Crippen molar-refractivity contribution < 1.29 is 9.53 Å². The van der Waals surface area contributed by atoms with E-state index in [2.05, 4.69) is 31.4 Å².